The average Bonchev–Trinajstić information content (AvgIpc) is 2.91. The van der Waals surface area contributed by atoms with E-state index in [2.05, 4.69) is 0 Å². The van der Waals surface area contributed by atoms with Gasteiger partial charge in [0.1, 0.15) is 11.6 Å². The number of benzene rings is 2. The van der Waals surface area contributed by atoms with Gasteiger partial charge in [0.15, 0.2) is 0 Å². The molecule has 5 nitrogen and oxygen atoms in total. The Bertz CT molecular complexity index is 893. The van der Waals surface area contributed by atoms with Crippen molar-refractivity contribution >= 4 is 29.1 Å². The number of hydrogen-bond acceptors (Lipinski definition) is 4. The van der Waals surface area contributed by atoms with Crippen molar-refractivity contribution in [1.29, 1.82) is 0 Å². The largest absolute Gasteiger partial charge is 0.507 e. The van der Waals surface area contributed by atoms with Crippen molar-refractivity contribution < 1.29 is 23.8 Å². The quantitative estimate of drug-likeness (QED) is 0.482. The summed E-state index contributed by atoms with van der Waals surface area (Å²) in [4.78, 5) is 26.5. The van der Waals surface area contributed by atoms with Gasteiger partial charge >= 0.3 is 0 Å². The number of amides is 1. The van der Waals surface area contributed by atoms with Gasteiger partial charge in [-0.2, -0.15) is 0 Å². The van der Waals surface area contributed by atoms with Gasteiger partial charge in [-0.1, -0.05) is 23.7 Å². The first-order valence-corrected chi connectivity index (χ1v) is 8.60. The third-order valence-corrected chi connectivity index (χ3v) is 4.63. The Morgan fingerprint density at radius 2 is 1.78 bits per heavy atom. The van der Waals surface area contributed by atoms with Crippen LogP contribution in [0.2, 0.25) is 5.02 Å². The lowest BCUT2D eigenvalue weighted by molar-refractivity contribution is -0.140. The second-order valence-electron chi connectivity index (χ2n) is 6.04. The van der Waals surface area contributed by atoms with E-state index in [4.69, 9.17) is 16.3 Å². The number of ether oxygens (including phenoxy) is 1. The Balaban J connectivity index is 2.14. The fourth-order valence-corrected chi connectivity index (χ4v) is 3.18. The van der Waals surface area contributed by atoms with Gasteiger partial charge in [0.25, 0.3) is 11.7 Å². The fourth-order valence-electron chi connectivity index (χ4n) is 3.06. The van der Waals surface area contributed by atoms with Crippen LogP contribution in [0.25, 0.3) is 5.76 Å². The molecule has 140 valence electrons. The van der Waals surface area contributed by atoms with E-state index in [-0.39, 0.29) is 24.5 Å². The van der Waals surface area contributed by atoms with Gasteiger partial charge in [0, 0.05) is 24.2 Å². The molecule has 7 heteroatoms. The monoisotopic (exact) mass is 389 g/mol. The molecule has 0 bridgehead atoms. The maximum absolute atomic E-state index is 13.3. The Morgan fingerprint density at radius 1 is 1.15 bits per heavy atom. The number of likely N-dealkylation sites (tertiary alicyclic amines) is 1. The van der Waals surface area contributed by atoms with Crippen molar-refractivity contribution in [3.05, 3.63) is 76.1 Å². The molecule has 0 radical (unpaired) electrons. The highest BCUT2D eigenvalue weighted by molar-refractivity contribution is 6.46. The van der Waals surface area contributed by atoms with Crippen LogP contribution in [-0.2, 0) is 14.3 Å². The molecule has 0 saturated carbocycles. The summed E-state index contributed by atoms with van der Waals surface area (Å²) in [6, 6.07) is 10.9. The summed E-state index contributed by atoms with van der Waals surface area (Å²) in [5.74, 6) is -2.28. The van der Waals surface area contributed by atoms with Gasteiger partial charge in [-0.15, -0.1) is 0 Å². The van der Waals surface area contributed by atoms with Crippen LogP contribution in [0.3, 0.4) is 0 Å². The second-order valence-corrected chi connectivity index (χ2v) is 6.48. The van der Waals surface area contributed by atoms with Crippen LogP contribution in [0.1, 0.15) is 17.2 Å². The van der Waals surface area contributed by atoms with E-state index >= 15 is 0 Å². The molecule has 1 amide bonds. The van der Waals surface area contributed by atoms with Crippen LogP contribution in [0.5, 0.6) is 0 Å². The van der Waals surface area contributed by atoms with E-state index in [0.717, 1.165) is 0 Å². The normalized spacial score (nSPS) is 18.9. The zero-order valence-corrected chi connectivity index (χ0v) is 15.2. The van der Waals surface area contributed by atoms with Gasteiger partial charge in [0.2, 0.25) is 0 Å². The number of carbonyl (C=O) groups excluding carboxylic acids is 2. The van der Waals surface area contributed by atoms with Crippen LogP contribution in [-0.4, -0.2) is 42.0 Å². The first kappa shape index (κ1) is 19.1. The van der Waals surface area contributed by atoms with Gasteiger partial charge < -0.3 is 14.7 Å². The Morgan fingerprint density at radius 3 is 2.37 bits per heavy atom. The third-order valence-electron chi connectivity index (χ3n) is 4.38. The lowest BCUT2D eigenvalue weighted by Crippen LogP contribution is -2.32. The number of rotatable bonds is 5. The molecule has 0 aromatic heterocycles. The van der Waals surface area contributed by atoms with Crippen molar-refractivity contribution in [3.8, 4) is 0 Å². The molecule has 1 saturated heterocycles. The molecule has 27 heavy (non-hydrogen) atoms. The molecule has 2 aromatic carbocycles. The summed E-state index contributed by atoms with van der Waals surface area (Å²) in [5, 5.41) is 11.2. The van der Waals surface area contributed by atoms with Crippen molar-refractivity contribution in [3.63, 3.8) is 0 Å². The number of nitrogens with zero attached hydrogens (tertiary/aromatic N) is 1. The van der Waals surface area contributed by atoms with Crippen LogP contribution < -0.4 is 0 Å². The topological polar surface area (TPSA) is 66.8 Å². The van der Waals surface area contributed by atoms with Gasteiger partial charge in [0.05, 0.1) is 18.2 Å². The highest BCUT2D eigenvalue weighted by atomic mass is 35.5. The number of aliphatic hydroxyl groups is 1. The van der Waals surface area contributed by atoms with E-state index < -0.39 is 23.5 Å². The molecule has 2 aromatic rings. The number of ketones is 1. The highest BCUT2D eigenvalue weighted by Crippen LogP contribution is 2.39. The number of Topliss-reactive ketones (excluding diaryl/α,β-unsaturated/α-hetero) is 1. The summed E-state index contributed by atoms with van der Waals surface area (Å²) in [6.07, 6.45) is 0. The first-order valence-electron chi connectivity index (χ1n) is 8.22. The predicted molar refractivity (Wildman–Crippen MR) is 98.7 cm³/mol. The Kier molecular flexibility index (Phi) is 5.58. The molecule has 0 unspecified atom stereocenters. The molecule has 1 fully saturated rings. The number of aliphatic hydroxyl groups excluding tert-OH is 1. The summed E-state index contributed by atoms with van der Waals surface area (Å²) >= 11 is 5.87. The maximum atomic E-state index is 13.3. The van der Waals surface area contributed by atoms with Crippen molar-refractivity contribution in [2.24, 2.45) is 0 Å². The standard InChI is InChI=1S/C20H17ClFNO4/c1-27-11-10-23-17(12-4-8-15(22)9-5-12)16(19(25)20(23)26)18(24)13-2-6-14(21)7-3-13/h2-9,17,24H,10-11H2,1H3/b18-16+/t17-/m1/s1. The smallest absolute Gasteiger partial charge is 0.295 e. The summed E-state index contributed by atoms with van der Waals surface area (Å²) in [7, 11) is 1.48. The minimum Gasteiger partial charge on any atom is -0.507 e. The van der Waals surface area contributed by atoms with Crippen molar-refractivity contribution in [1.82, 2.24) is 4.90 Å². The maximum Gasteiger partial charge on any atom is 0.295 e. The zero-order valence-electron chi connectivity index (χ0n) is 14.5. The van der Waals surface area contributed by atoms with E-state index in [1.165, 1.54) is 36.3 Å². The molecule has 3 rings (SSSR count). The van der Waals surface area contributed by atoms with Gasteiger partial charge in [-0.05, 0) is 42.0 Å². The summed E-state index contributed by atoms with van der Waals surface area (Å²) < 4.78 is 18.4. The van der Waals surface area contributed by atoms with E-state index in [1.807, 2.05) is 0 Å². The summed E-state index contributed by atoms with van der Waals surface area (Å²) in [6.45, 7) is 0.367. The number of carbonyl (C=O) groups is 2. The molecular weight excluding hydrogens is 373 g/mol. The number of hydrogen-bond donors (Lipinski definition) is 1. The van der Waals surface area contributed by atoms with Crippen molar-refractivity contribution in [2.75, 3.05) is 20.3 Å². The molecule has 1 N–H and O–H groups in total. The lowest BCUT2D eigenvalue weighted by atomic mass is 9.95. The molecule has 0 aliphatic carbocycles. The highest BCUT2D eigenvalue weighted by Gasteiger charge is 2.45. The second kappa shape index (κ2) is 7.90. The number of methoxy groups -OCH3 is 1. The molecule has 1 aliphatic heterocycles. The lowest BCUT2D eigenvalue weighted by Gasteiger charge is -2.25. The molecule has 1 heterocycles. The zero-order chi connectivity index (χ0) is 19.6. The van der Waals surface area contributed by atoms with Crippen LogP contribution >= 0.6 is 11.6 Å². The van der Waals surface area contributed by atoms with Gasteiger partial charge in [-0.25, -0.2) is 4.39 Å². The average molecular weight is 390 g/mol. The van der Waals surface area contributed by atoms with E-state index in [9.17, 15) is 19.1 Å². The molecule has 1 aliphatic rings. The molecular formula is C20H17ClFNO4. The van der Waals surface area contributed by atoms with E-state index in [0.29, 0.717) is 16.1 Å². The number of halogens is 2. The van der Waals surface area contributed by atoms with Crippen LogP contribution in [0.4, 0.5) is 4.39 Å². The van der Waals surface area contributed by atoms with E-state index in [1.54, 1.807) is 24.3 Å². The van der Waals surface area contributed by atoms with Crippen molar-refractivity contribution in [2.45, 2.75) is 6.04 Å². The van der Waals surface area contributed by atoms with Crippen LogP contribution in [0, 0.1) is 5.82 Å². The third kappa shape index (κ3) is 3.72. The van der Waals surface area contributed by atoms with Gasteiger partial charge in [-0.3, -0.25) is 9.59 Å². The minimum atomic E-state index is -0.837. The molecule has 0 spiro atoms. The first-order chi connectivity index (χ1) is 12.9. The summed E-state index contributed by atoms with van der Waals surface area (Å²) in [5.41, 5.74) is 0.823. The van der Waals surface area contributed by atoms with Crippen LogP contribution in [0.15, 0.2) is 54.1 Å². The Hall–Kier alpha value is -2.70. The predicted octanol–water partition coefficient (Wildman–Crippen LogP) is 3.55. The fraction of sp³-hybridized carbons (Fsp3) is 0.200. The Labute approximate surface area is 160 Å². The SMILES string of the molecule is COCCN1C(=O)C(=O)/C(=C(/O)c2ccc(Cl)cc2)[C@H]1c1ccc(F)cc1. The molecule has 1 atom stereocenters. The minimum absolute atomic E-state index is 0.0509.